The molecule has 0 spiro atoms. The first kappa shape index (κ1) is 15.4. The Kier molecular flexibility index (Phi) is 5.23. The topological polar surface area (TPSA) is 38.7 Å². The van der Waals surface area contributed by atoms with E-state index in [9.17, 15) is 5.11 Å². The van der Waals surface area contributed by atoms with Crippen LogP contribution in [0.25, 0.3) is 0 Å². The van der Waals surface area contributed by atoms with E-state index >= 15 is 0 Å². The summed E-state index contributed by atoms with van der Waals surface area (Å²) in [6, 6.07) is 13.5. The van der Waals surface area contributed by atoms with Gasteiger partial charge in [-0.25, -0.2) is 0 Å². The van der Waals surface area contributed by atoms with Crippen LogP contribution in [0.1, 0.15) is 29.2 Å². The SMILES string of the molecule is COc1c(C(O)CCOc2ccccc2)ccc(C)c1C. The van der Waals surface area contributed by atoms with Gasteiger partial charge in [0.1, 0.15) is 11.5 Å². The summed E-state index contributed by atoms with van der Waals surface area (Å²) in [5.74, 6) is 1.58. The van der Waals surface area contributed by atoms with E-state index in [0.717, 1.165) is 28.2 Å². The molecule has 0 saturated heterocycles. The van der Waals surface area contributed by atoms with Gasteiger partial charge in [-0.2, -0.15) is 0 Å². The van der Waals surface area contributed by atoms with E-state index in [2.05, 4.69) is 0 Å². The molecule has 2 aromatic carbocycles. The van der Waals surface area contributed by atoms with Crippen molar-refractivity contribution >= 4 is 0 Å². The molecule has 0 aliphatic heterocycles. The lowest BCUT2D eigenvalue weighted by atomic mass is 9.99. The highest BCUT2D eigenvalue weighted by Gasteiger charge is 2.16. The number of hydrogen-bond acceptors (Lipinski definition) is 3. The minimum absolute atomic E-state index is 0.460. The molecule has 1 atom stereocenters. The maximum Gasteiger partial charge on any atom is 0.127 e. The van der Waals surface area contributed by atoms with Gasteiger partial charge in [-0.1, -0.05) is 30.3 Å². The van der Waals surface area contributed by atoms with Gasteiger partial charge >= 0.3 is 0 Å². The third-order valence-electron chi connectivity index (χ3n) is 3.67. The van der Waals surface area contributed by atoms with E-state index in [1.54, 1.807) is 7.11 Å². The van der Waals surface area contributed by atoms with Gasteiger partial charge in [-0.05, 0) is 37.1 Å². The monoisotopic (exact) mass is 286 g/mol. The van der Waals surface area contributed by atoms with Crippen LogP contribution in [0.4, 0.5) is 0 Å². The molecule has 21 heavy (non-hydrogen) atoms. The van der Waals surface area contributed by atoms with Crippen molar-refractivity contribution in [2.24, 2.45) is 0 Å². The number of aliphatic hydroxyl groups is 1. The van der Waals surface area contributed by atoms with Crippen molar-refractivity contribution in [1.82, 2.24) is 0 Å². The summed E-state index contributed by atoms with van der Waals surface area (Å²) in [7, 11) is 1.64. The highest BCUT2D eigenvalue weighted by Crippen LogP contribution is 2.32. The molecule has 0 heterocycles. The fourth-order valence-corrected chi connectivity index (χ4v) is 2.31. The van der Waals surface area contributed by atoms with E-state index in [1.165, 1.54) is 0 Å². The minimum Gasteiger partial charge on any atom is -0.496 e. The molecule has 112 valence electrons. The molecule has 0 radical (unpaired) electrons. The third kappa shape index (κ3) is 3.76. The summed E-state index contributed by atoms with van der Waals surface area (Å²) >= 11 is 0. The van der Waals surface area contributed by atoms with Crippen LogP contribution in [0.5, 0.6) is 11.5 Å². The Morgan fingerprint density at radius 2 is 1.76 bits per heavy atom. The van der Waals surface area contributed by atoms with Gasteiger partial charge in [-0.3, -0.25) is 0 Å². The zero-order valence-corrected chi connectivity index (χ0v) is 12.8. The van der Waals surface area contributed by atoms with Crippen molar-refractivity contribution in [1.29, 1.82) is 0 Å². The molecule has 2 aromatic rings. The van der Waals surface area contributed by atoms with Gasteiger partial charge < -0.3 is 14.6 Å². The Morgan fingerprint density at radius 3 is 2.43 bits per heavy atom. The maximum absolute atomic E-state index is 10.4. The van der Waals surface area contributed by atoms with Crippen LogP contribution in [0.2, 0.25) is 0 Å². The average Bonchev–Trinajstić information content (AvgIpc) is 2.50. The van der Waals surface area contributed by atoms with E-state index in [0.29, 0.717) is 13.0 Å². The van der Waals surface area contributed by atoms with Crippen molar-refractivity contribution in [3.8, 4) is 11.5 Å². The smallest absolute Gasteiger partial charge is 0.127 e. The minimum atomic E-state index is -0.594. The number of rotatable bonds is 6. The van der Waals surface area contributed by atoms with Crippen LogP contribution in [-0.4, -0.2) is 18.8 Å². The van der Waals surface area contributed by atoms with Gasteiger partial charge in [0.05, 0.1) is 19.8 Å². The predicted molar refractivity (Wildman–Crippen MR) is 84.0 cm³/mol. The largest absolute Gasteiger partial charge is 0.496 e. The second-order valence-corrected chi connectivity index (χ2v) is 5.10. The number of para-hydroxylation sites is 1. The molecule has 0 amide bonds. The van der Waals surface area contributed by atoms with Crippen LogP contribution in [0.3, 0.4) is 0 Å². The second-order valence-electron chi connectivity index (χ2n) is 5.10. The molecule has 0 fully saturated rings. The number of aryl methyl sites for hydroxylation is 1. The van der Waals surface area contributed by atoms with Crippen LogP contribution < -0.4 is 9.47 Å². The maximum atomic E-state index is 10.4. The molecule has 3 nitrogen and oxygen atoms in total. The van der Waals surface area contributed by atoms with Crippen molar-refractivity contribution in [3.63, 3.8) is 0 Å². The highest BCUT2D eigenvalue weighted by molar-refractivity contribution is 5.46. The molecule has 1 unspecified atom stereocenters. The Morgan fingerprint density at radius 1 is 1.05 bits per heavy atom. The van der Waals surface area contributed by atoms with Gasteiger partial charge in [0, 0.05) is 12.0 Å². The first-order chi connectivity index (χ1) is 10.1. The van der Waals surface area contributed by atoms with Gasteiger partial charge in [0.25, 0.3) is 0 Å². The Hall–Kier alpha value is -2.00. The van der Waals surface area contributed by atoms with Crippen LogP contribution in [-0.2, 0) is 0 Å². The molecule has 2 rings (SSSR count). The molecule has 0 saturated carbocycles. The fourth-order valence-electron chi connectivity index (χ4n) is 2.31. The lowest BCUT2D eigenvalue weighted by Crippen LogP contribution is -2.08. The van der Waals surface area contributed by atoms with Crippen LogP contribution >= 0.6 is 0 Å². The molecular formula is C18H22O3. The van der Waals surface area contributed by atoms with E-state index in [-0.39, 0.29) is 0 Å². The lowest BCUT2D eigenvalue weighted by molar-refractivity contribution is 0.137. The van der Waals surface area contributed by atoms with Crippen molar-refractivity contribution in [3.05, 3.63) is 59.2 Å². The zero-order chi connectivity index (χ0) is 15.2. The summed E-state index contributed by atoms with van der Waals surface area (Å²) in [5, 5.41) is 10.4. The third-order valence-corrected chi connectivity index (χ3v) is 3.67. The molecule has 0 aliphatic rings. The summed E-state index contributed by atoms with van der Waals surface area (Å²) < 4.78 is 11.1. The number of methoxy groups -OCH3 is 1. The van der Waals surface area contributed by atoms with Gasteiger partial charge in [-0.15, -0.1) is 0 Å². The quantitative estimate of drug-likeness (QED) is 0.877. The molecule has 1 N–H and O–H groups in total. The number of benzene rings is 2. The standard InChI is InChI=1S/C18H22O3/c1-13-9-10-16(18(20-3)14(13)2)17(19)11-12-21-15-7-5-4-6-8-15/h4-10,17,19H,11-12H2,1-3H3. The van der Waals surface area contributed by atoms with Crippen molar-refractivity contribution in [2.75, 3.05) is 13.7 Å². The molecule has 0 aromatic heterocycles. The fraction of sp³-hybridized carbons (Fsp3) is 0.333. The summed E-state index contributed by atoms with van der Waals surface area (Å²) in [5.41, 5.74) is 3.04. The normalized spacial score (nSPS) is 12.0. The second kappa shape index (κ2) is 7.14. The molecule has 3 heteroatoms. The molecule has 0 aliphatic carbocycles. The summed E-state index contributed by atoms with van der Waals surface area (Å²) in [4.78, 5) is 0. The lowest BCUT2D eigenvalue weighted by Gasteiger charge is -2.18. The zero-order valence-electron chi connectivity index (χ0n) is 12.8. The Bertz CT molecular complexity index is 579. The summed E-state index contributed by atoms with van der Waals surface area (Å²) in [6.45, 7) is 4.50. The van der Waals surface area contributed by atoms with E-state index < -0.39 is 6.10 Å². The molecule has 0 bridgehead atoms. The Balaban J connectivity index is 2.00. The van der Waals surface area contributed by atoms with Crippen molar-refractivity contribution in [2.45, 2.75) is 26.4 Å². The van der Waals surface area contributed by atoms with Crippen LogP contribution in [0, 0.1) is 13.8 Å². The van der Waals surface area contributed by atoms with E-state index in [1.807, 2.05) is 56.3 Å². The predicted octanol–water partition coefficient (Wildman–Crippen LogP) is 3.81. The number of ether oxygens (including phenoxy) is 2. The first-order valence-electron chi connectivity index (χ1n) is 7.13. The average molecular weight is 286 g/mol. The van der Waals surface area contributed by atoms with Gasteiger partial charge in [0.2, 0.25) is 0 Å². The van der Waals surface area contributed by atoms with Gasteiger partial charge in [0.15, 0.2) is 0 Å². The first-order valence-corrected chi connectivity index (χ1v) is 7.13. The van der Waals surface area contributed by atoms with E-state index in [4.69, 9.17) is 9.47 Å². The Labute approximate surface area is 126 Å². The number of aliphatic hydroxyl groups excluding tert-OH is 1. The number of hydrogen-bond donors (Lipinski definition) is 1. The van der Waals surface area contributed by atoms with Crippen LogP contribution in [0.15, 0.2) is 42.5 Å². The van der Waals surface area contributed by atoms with Crippen molar-refractivity contribution < 1.29 is 14.6 Å². The highest BCUT2D eigenvalue weighted by atomic mass is 16.5. The molecular weight excluding hydrogens is 264 g/mol. The summed E-state index contributed by atoms with van der Waals surface area (Å²) in [6.07, 6.45) is -0.0729.